The summed E-state index contributed by atoms with van der Waals surface area (Å²) in [5.74, 6) is 0.458. The van der Waals surface area contributed by atoms with Crippen LogP contribution in [-0.2, 0) is 4.79 Å². The van der Waals surface area contributed by atoms with Gasteiger partial charge in [0.2, 0.25) is 0 Å². The summed E-state index contributed by atoms with van der Waals surface area (Å²) in [5.41, 5.74) is 2.65. The molecule has 3 nitrogen and oxygen atoms in total. The lowest BCUT2D eigenvalue weighted by Crippen LogP contribution is -2.30. The van der Waals surface area contributed by atoms with E-state index >= 15 is 0 Å². The molecular weight excluding hydrogens is 366 g/mol. The molecule has 0 spiro atoms. The Morgan fingerprint density at radius 3 is 2.55 bits per heavy atom. The lowest BCUT2D eigenvalue weighted by Gasteiger charge is -2.17. The molecule has 0 aliphatic heterocycles. The zero-order valence-electron chi connectivity index (χ0n) is 12.6. The Hall–Kier alpha value is -1.52. The Morgan fingerprint density at radius 2 is 1.91 bits per heavy atom. The summed E-state index contributed by atoms with van der Waals surface area (Å²) >= 11 is 9.32. The maximum absolute atomic E-state index is 12.3. The van der Waals surface area contributed by atoms with E-state index in [0.29, 0.717) is 10.8 Å². The Balaban J connectivity index is 2.05. The molecule has 1 amide bonds. The van der Waals surface area contributed by atoms with Crippen molar-refractivity contribution in [1.29, 1.82) is 0 Å². The zero-order chi connectivity index (χ0) is 16.3. The van der Waals surface area contributed by atoms with Crippen LogP contribution in [0.1, 0.15) is 18.1 Å². The maximum Gasteiger partial charge on any atom is 0.265 e. The van der Waals surface area contributed by atoms with E-state index in [-0.39, 0.29) is 5.91 Å². The third-order valence-corrected chi connectivity index (χ3v) is 3.98. The fraction of sp³-hybridized carbons (Fsp3) is 0.235. The molecule has 0 bridgehead atoms. The first kappa shape index (κ1) is 16.8. The van der Waals surface area contributed by atoms with Gasteiger partial charge in [0.05, 0.1) is 0 Å². The van der Waals surface area contributed by atoms with Crippen molar-refractivity contribution in [2.24, 2.45) is 0 Å². The summed E-state index contributed by atoms with van der Waals surface area (Å²) in [6.45, 7) is 5.55. The molecule has 1 atom stereocenters. The van der Waals surface area contributed by atoms with Crippen LogP contribution in [0.3, 0.4) is 0 Å². The lowest BCUT2D eigenvalue weighted by atomic mass is 10.2. The monoisotopic (exact) mass is 381 g/mol. The van der Waals surface area contributed by atoms with Gasteiger partial charge in [-0.05, 0) is 68.3 Å². The van der Waals surface area contributed by atoms with Crippen molar-refractivity contribution in [3.63, 3.8) is 0 Å². The fourth-order valence-electron chi connectivity index (χ4n) is 1.99. The maximum atomic E-state index is 12.3. The van der Waals surface area contributed by atoms with Gasteiger partial charge < -0.3 is 10.1 Å². The quantitative estimate of drug-likeness (QED) is 0.796. The molecule has 0 aromatic heterocycles. The molecule has 0 saturated carbocycles. The van der Waals surface area contributed by atoms with Crippen LogP contribution in [0.5, 0.6) is 5.75 Å². The average molecular weight is 383 g/mol. The lowest BCUT2D eigenvalue weighted by molar-refractivity contribution is -0.122. The van der Waals surface area contributed by atoms with E-state index in [1.54, 1.807) is 25.1 Å². The number of benzene rings is 2. The van der Waals surface area contributed by atoms with Gasteiger partial charge in [-0.3, -0.25) is 4.79 Å². The topological polar surface area (TPSA) is 38.3 Å². The number of aryl methyl sites for hydroxylation is 2. The highest BCUT2D eigenvalue weighted by atomic mass is 79.9. The molecule has 2 aromatic rings. The molecule has 2 rings (SSSR count). The van der Waals surface area contributed by atoms with Crippen molar-refractivity contribution in [2.75, 3.05) is 5.32 Å². The van der Waals surface area contributed by atoms with Crippen LogP contribution in [-0.4, -0.2) is 12.0 Å². The fourth-order valence-corrected chi connectivity index (χ4v) is 2.69. The summed E-state index contributed by atoms with van der Waals surface area (Å²) < 4.78 is 6.69. The van der Waals surface area contributed by atoms with E-state index in [1.165, 1.54) is 0 Å². The minimum Gasteiger partial charge on any atom is -0.481 e. The van der Waals surface area contributed by atoms with Gasteiger partial charge in [-0.2, -0.15) is 0 Å². The number of carbonyl (C=O) groups excluding carboxylic acids is 1. The van der Waals surface area contributed by atoms with E-state index < -0.39 is 6.10 Å². The number of anilines is 1. The van der Waals surface area contributed by atoms with E-state index in [9.17, 15) is 4.79 Å². The second-order valence-electron chi connectivity index (χ2n) is 5.12. The Bertz CT molecular complexity index is 703. The van der Waals surface area contributed by atoms with E-state index in [1.807, 2.05) is 32.0 Å². The standard InChI is InChI=1S/C17H17BrClNO2/c1-10-8-13(18)4-6-15(10)20-17(21)12(3)22-16-7-5-14(19)9-11(16)2/h4-9,12H,1-3H3,(H,20,21). The van der Waals surface area contributed by atoms with Gasteiger partial charge in [-0.15, -0.1) is 0 Å². The number of carbonyl (C=O) groups is 1. The number of amides is 1. The highest BCUT2D eigenvalue weighted by molar-refractivity contribution is 9.10. The van der Waals surface area contributed by atoms with Gasteiger partial charge in [-0.25, -0.2) is 0 Å². The minimum absolute atomic E-state index is 0.195. The second-order valence-corrected chi connectivity index (χ2v) is 6.47. The van der Waals surface area contributed by atoms with Gasteiger partial charge >= 0.3 is 0 Å². The molecule has 2 aromatic carbocycles. The Kier molecular flexibility index (Phi) is 5.48. The minimum atomic E-state index is -0.608. The first-order chi connectivity index (χ1) is 10.4. The Morgan fingerprint density at radius 1 is 1.18 bits per heavy atom. The number of hydrogen-bond acceptors (Lipinski definition) is 2. The molecule has 1 unspecified atom stereocenters. The zero-order valence-corrected chi connectivity index (χ0v) is 15.0. The van der Waals surface area contributed by atoms with Gasteiger partial charge in [0, 0.05) is 15.2 Å². The number of hydrogen-bond donors (Lipinski definition) is 1. The van der Waals surface area contributed by atoms with Gasteiger partial charge in [0.25, 0.3) is 5.91 Å². The molecule has 0 radical (unpaired) electrons. The van der Waals surface area contributed by atoms with E-state index in [0.717, 1.165) is 21.3 Å². The van der Waals surface area contributed by atoms with Crippen LogP contribution in [0.25, 0.3) is 0 Å². The summed E-state index contributed by atoms with van der Waals surface area (Å²) in [6.07, 6.45) is -0.608. The van der Waals surface area contributed by atoms with Crippen LogP contribution in [0.15, 0.2) is 40.9 Å². The number of rotatable bonds is 4. The molecule has 0 aliphatic rings. The molecule has 0 fully saturated rings. The summed E-state index contributed by atoms with van der Waals surface area (Å²) in [7, 11) is 0. The molecule has 0 saturated heterocycles. The molecule has 5 heteroatoms. The number of nitrogens with one attached hydrogen (secondary N) is 1. The molecule has 22 heavy (non-hydrogen) atoms. The SMILES string of the molecule is Cc1cc(Br)ccc1NC(=O)C(C)Oc1ccc(Cl)cc1C. The largest absolute Gasteiger partial charge is 0.481 e. The molecular formula is C17H17BrClNO2. The molecule has 0 heterocycles. The van der Waals surface area contributed by atoms with Crippen molar-refractivity contribution >= 4 is 39.1 Å². The predicted molar refractivity (Wildman–Crippen MR) is 93.8 cm³/mol. The van der Waals surface area contributed by atoms with Gasteiger partial charge in [-0.1, -0.05) is 27.5 Å². The number of halogens is 2. The van der Waals surface area contributed by atoms with Crippen molar-refractivity contribution in [3.8, 4) is 5.75 Å². The Labute approximate surface area is 143 Å². The van der Waals surface area contributed by atoms with Crippen LogP contribution in [0, 0.1) is 13.8 Å². The summed E-state index contributed by atoms with van der Waals surface area (Å²) in [5, 5.41) is 3.52. The van der Waals surface area contributed by atoms with Crippen molar-refractivity contribution < 1.29 is 9.53 Å². The highest BCUT2D eigenvalue weighted by Gasteiger charge is 2.16. The molecule has 116 valence electrons. The van der Waals surface area contributed by atoms with E-state index in [2.05, 4.69) is 21.2 Å². The normalized spacial score (nSPS) is 11.9. The van der Waals surface area contributed by atoms with E-state index in [4.69, 9.17) is 16.3 Å². The van der Waals surface area contributed by atoms with Gasteiger partial charge in [0.1, 0.15) is 5.75 Å². The first-order valence-corrected chi connectivity index (χ1v) is 8.03. The average Bonchev–Trinajstić information content (AvgIpc) is 2.44. The summed E-state index contributed by atoms with van der Waals surface area (Å²) in [6, 6.07) is 11.0. The predicted octanol–water partition coefficient (Wildman–Crippen LogP) is 5.13. The molecule has 0 aliphatic carbocycles. The van der Waals surface area contributed by atoms with Gasteiger partial charge in [0.15, 0.2) is 6.10 Å². The van der Waals surface area contributed by atoms with Crippen LogP contribution < -0.4 is 10.1 Å². The third kappa shape index (κ3) is 4.24. The van der Waals surface area contributed by atoms with Crippen LogP contribution in [0.4, 0.5) is 5.69 Å². The smallest absolute Gasteiger partial charge is 0.265 e. The number of ether oxygens (including phenoxy) is 1. The third-order valence-electron chi connectivity index (χ3n) is 3.26. The molecule has 1 N–H and O–H groups in total. The van der Waals surface area contributed by atoms with Crippen molar-refractivity contribution in [2.45, 2.75) is 26.9 Å². The highest BCUT2D eigenvalue weighted by Crippen LogP contribution is 2.24. The van der Waals surface area contributed by atoms with Crippen LogP contribution in [0.2, 0.25) is 5.02 Å². The van der Waals surface area contributed by atoms with Crippen molar-refractivity contribution in [3.05, 3.63) is 57.0 Å². The van der Waals surface area contributed by atoms with Crippen molar-refractivity contribution in [1.82, 2.24) is 0 Å². The first-order valence-electron chi connectivity index (χ1n) is 6.86. The van der Waals surface area contributed by atoms with Crippen LogP contribution >= 0.6 is 27.5 Å². The summed E-state index contributed by atoms with van der Waals surface area (Å²) in [4.78, 5) is 12.3. The second kappa shape index (κ2) is 7.16.